The van der Waals surface area contributed by atoms with Gasteiger partial charge in [0.1, 0.15) is 5.75 Å². The van der Waals surface area contributed by atoms with Gasteiger partial charge in [0, 0.05) is 5.56 Å². The van der Waals surface area contributed by atoms with Crippen molar-refractivity contribution in [2.75, 3.05) is 11.9 Å². The summed E-state index contributed by atoms with van der Waals surface area (Å²) in [6, 6.07) is 11.7. The Morgan fingerprint density at radius 3 is 2.54 bits per heavy atom. The van der Waals surface area contributed by atoms with E-state index in [0.29, 0.717) is 34.0 Å². The van der Waals surface area contributed by atoms with E-state index in [-0.39, 0.29) is 11.5 Å². The largest absolute Gasteiger partial charge is 0.492 e. The Kier molecular flexibility index (Phi) is 5.98. The van der Waals surface area contributed by atoms with Crippen molar-refractivity contribution in [3.05, 3.63) is 58.1 Å². The molecule has 0 aliphatic carbocycles. The van der Waals surface area contributed by atoms with Gasteiger partial charge in [0.15, 0.2) is 0 Å². The van der Waals surface area contributed by atoms with E-state index >= 15 is 0 Å². The molecule has 6 heteroatoms. The number of benzene rings is 2. The molecule has 0 aliphatic heterocycles. The fourth-order valence-electron chi connectivity index (χ4n) is 2.02. The van der Waals surface area contributed by atoms with Crippen molar-refractivity contribution in [1.29, 1.82) is 0 Å². The predicted molar refractivity (Wildman–Crippen MR) is 97.4 cm³/mol. The molecule has 0 aromatic heterocycles. The summed E-state index contributed by atoms with van der Waals surface area (Å²) in [6.45, 7) is 4.72. The third-order valence-corrected chi connectivity index (χ3v) is 3.83. The summed E-state index contributed by atoms with van der Waals surface area (Å²) in [6.07, 6.45) is 0. The summed E-state index contributed by atoms with van der Waals surface area (Å²) in [5, 5.41) is 2.70. The first-order valence-corrected chi connectivity index (χ1v) is 8.30. The molecule has 3 N–H and O–H groups in total. The number of hydrogen-bond acceptors (Lipinski definition) is 3. The van der Waals surface area contributed by atoms with Crippen molar-refractivity contribution >= 4 is 33.4 Å². The minimum absolute atomic E-state index is 0.266. The second-order valence-corrected chi connectivity index (χ2v) is 6.57. The van der Waals surface area contributed by atoms with Crippen LogP contribution in [0.4, 0.5) is 5.69 Å². The van der Waals surface area contributed by atoms with Gasteiger partial charge in [-0.25, -0.2) is 0 Å². The topological polar surface area (TPSA) is 81.4 Å². The Bertz CT molecular complexity index is 760. The number of carbonyl (C=O) groups excluding carboxylic acids is 2. The first-order valence-electron chi connectivity index (χ1n) is 7.51. The molecule has 2 aromatic carbocycles. The molecule has 0 saturated heterocycles. The van der Waals surface area contributed by atoms with Crippen LogP contribution in [0.2, 0.25) is 0 Å². The van der Waals surface area contributed by atoms with Crippen molar-refractivity contribution < 1.29 is 14.3 Å². The molecule has 2 amide bonds. The van der Waals surface area contributed by atoms with Gasteiger partial charge >= 0.3 is 0 Å². The van der Waals surface area contributed by atoms with Crippen LogP contribution in [-0.4, -0.2) is 18.4 Å². The van der Waals surface area contributed by atoms with Gasteiger partial charge in [0.2, 0.25) is 0 Å². The maximum absolute atomic E-state index is 12.4. The minimum Gasteiger partial charge on any atom is -0.492 e. The molecule has 2 aromatic rings. The van der Waals surface area contributed by atoms with E-state index in [1.54, 1.807) is 42.5 Å². The van der Waals surface area contributed by atoms with Crippen LogP contribution in [0.5, 0.6) is 5.75 Å². The first-order chi connectivity index (χ1) is 11.4. The molecule has 126 valence electrons. The quantitative estimate of drug-likeness (QED) is 0.785. The number of nitrogens with one attached hydrogen (secondary N) is 1. The number of hydrogen-bond donors (Lipinski definition) is 2. The molecule has 24 heavy (non-hydrogen) atoms. The summed E-state index contributed by atoms with van der Waals surface area (Å²) < 4.78 is 6.36. The van der Waals surface area contributed by atoms with Crippen LogP contribution >= 0.6 is 15.9 Å². The van der Waals surface area contributed by atoms with Crippen molar-refractivity contribution in [3.63, 3.8) is 0 Å². The molecule has 0 spiro atoms. The first kappa shape index (κ1) is 18.0. The van der Waals surface area contributed by atoms with Crippen LogP contribution < -0.4 is 15.8 Å². The molecule has 0 aliphatic rings. The number of anilines is 1. The maximum Gasteiger partial charge on any atom is 0.255 e. The highest BCUT2D eigenvalue weighted by molar-refractivity contribution is 9.10. The highest BCUT2D eigenvalue weighted by Crippen LogP contribution is 2.27. The lowest BCUT2D eigenvalue weighted by atomic mass is 10.1. The van der Waals surface area contributed by atoms with Gasteiger partial charge in [-0.05, 0) is 52.2 Å². The van der Waals surface area contributed by atoms with Crippen LogP contribution in [0.25, 0.3) is 0 Å². The standard InChI is InChI=1S/C18H19BrN2O3/c1-11(2)10-24-16-8-7-12(9-14(16)19)18(23)21-15-6-4-3-5-13(15)17(20)22/h3-9,11H,10H2,1-2H3,(H2,20,22)(H,21,23). The number of ether oxygens (including phenoxy) is 1. The third kappa shape index (κ3) is 4.58. The normalized spacial score (nSPS) is 10.5. The second kappa shape index (κ2) is 7.97. The zero-order valence-corrected chi connectivity index (χ0v) is 15.1. The summed E-state index contributed by atoms with van der Waals surface area (Å²) in [4.78, 5) is 23.8. The van der Waals surface area contributed by atoms with Crippen LogP contribution in [0.15, 0.2) is 46.9 Å². The number of rotatable bonds is 6. The average molecular weight is 391 g/mol. The van der Waals surface area contributed by atoms with Gasteiger partial charge < -0.3 is 15.8 Å². The number of para-hydroxylation sites is 1. The van der Waals surface area contributed by atoms with Crippen molar-refractivity contribution in [1.82, 2.24) is 0 Å². The number of primary amides is 1. The van der Waals surface area contributed by atoms with E-state index in [1.807, 2.05) is 0 Å². The zero-order chi connectivity index (χ0) is 17.7. The Morgan fingerprint density at radius 1 is 1.21 bits per heavy atom. The second-order valence-electron chi connectivity index (χ2n) is 5.71. The number of carbonyl (C=O) groups is 2. The smallest absolute Gasteiger partial charge is 0.255 e. The van der Waals surface area contributed by atoms with E-state index in [4.69, 9.17) is 10.5 Å². The molecule has 0 heterocycles. The molecule has 0 saturated carbocycles. The summed E-state index contributed by atoms with van der Waals surface area (Å²) >= 11 is 3.41. The molecule has 0 fully saturated rings. The Morgan fingerprint density at radius 2 is 1.92 bits per heavy atom. The van der Waals surface area contributed by atoms with Crippen molar-refractivity contribution in [2.24, 2.45) is 11.7 Å². The molecular formula is C18H19BrN2O3. The highest BCUT2D eigenvalue weighted by atomic mass is 79.9. The van der Waals surface area contributed by atoms with Crippen LogP contribution in [0.1, 0.15) is 34.6 Å². The van der Waals surface area contributed by atoms with Gasteiger partial charge in [0.05, 0.1) is 22.3 Å². The molecule has 2 rings (SSSR count). The zero-order valence-electron chi connectivity index (χ0n) is 13.5. The van der Waals surface area contributed by atoms with E-state index in [0.717, 1.165) is 0 Å². The van der Waals surface area contributed by atoms with Gasteiger partial charge in [-0.3, -0.25) is 9.59 Å². The lowest BCUT2D eigenvalue weighted by Crippen LogP contribution is -2.18. The van der Waals surface area contributed by atoms with E-state index in [9.17, 15) is 9.59 Å². The van der Waals surface area contributed by atoms with E-state index in [1.165, 1.54) is 0 Å². The van der Waals surface area contributed by atoms with Crippen LogP contribution in [-0.2, 0) is 0 Å². The van der Waals surface area contributed by atoms with Crippen molar-refractivity contribution in [3.8, 4) is 5.75 Å². The lowest BCUT2D eigenvalue weighted by Gasteiger charge is -2.12. The van der Waals surface area contributed by atoms with Gasteiger partial charge in [-0.1, -0.05) is 26.0 Å². The van der Waals surface area contributed by atoms with E-state index < -0.39 is 5.91 Å². The Labute approximate surface area is 149 Å². The molecule has 0 atom stereocenters. The summed E-state index contributed by atoms with van der Waals surface area (Å²) in [5.41, 5.74) is 6.41. The number of amides is 2. The maximum atomic E-state index is 12.4. The fraction of sp³-hybridized carbons (Fsp3) is 0.222. The summed E-state index contributed by atoms with van der Waals surface area (Å²) in [5.74, 6) is 0.160. The summed E-state index contributed by atoms with van der Waals surface area (Å²) in [7, 11) is 0. The number of nitrogens with two attached hydrogens (primary N) is 1. The molecule has 0 bridgehead atoms. The number of halogens is 1. The SMILES string of the molecule is CC(C)COc1ccc(C(=O)Nc2ccccc2C(N)=O)cc1Br. The molecule has 0 radical (unpaired) electrons. The van der Waals surface area contributed by atoms with Gasteiger partial charge in [-0.15, -0.1) is 0 Å². The van der Waals surface area contributed by atoms with Crippen molar-refractivity contribution in [2.45, 2.75) is 13.8 Å². The minimum atomic E-state index is -0.593. The van der Waals surface area contributed by atoms with Crippen LogP contribution in [0, 0.1) is 5.92 Å². The molecule has 0 unspecified atom stereocenters. The van der Waals surface area contributed by atoms with Gasteiger partial charge in [0.25, 0.3) is 11.8 Å². The Hall–Kier alpha value is -2.34. The Balaban J connectivity index is 2.16. The predicted octanol–water partition coefficient (Wildman–Crippen LogP) is 3.84. The monoisotopic (exact) mass is 390 g/mol. The van der Waals surface area contributed by atoms with E-state index in [2.05, 4.69) is 35.1 Å². The molecule has 5 nitrogen and oxygen atoms in total. The van der Waals surface area contributed by atoms with Gasteiger partial charge in [-0.2, -0.15) is 0 Å². The average Bonchev–Trinajstić information content (AvgIpc) is 2.53. The fourth-order valence-corrected chi connectivity index (χ4v) is 2.51. The third-order valence-electron chi connectivity index (χ3n) is 3.21. The highest BCUT2D eigenvalue weighted by Gasteiger charge is 2.13. The molecular weight excluding hydrogens is 372 g/mol. The lowest BCUT2D eigenvalue weighted by molar-refractivity contribution is 0.100. The van der Waals surface area contributed by atoms with Crippen LogP contribution in [0.3, 0.4) is 0 Å².